The van der Waals surface area contributed by atoms with Gasteiger partial charge in [0.15, 0.2) is 11.5 Å². The predicted octanol–water partition coefficient (Wildman–Crippen LogP) is 4.89. The number of carbonyl (C=O) groups is 2. The lowest BCUT2D eigenvalue weighted by atomic mass is 9.96. The molecule has 5 heteroatoms. The largest absolute Gasteiger partial charge is 0.453 e. The second kappa shape index (κ2) is 8.42. The molecule has 0 aliphatic carbocycles. The quantitative estimate of drug-likeness (QED) is 0.258. The van der Waals surface area contributed by atoms with Crippen molar-refractivity contribution < 1.29 is 14.3 Å². The molecular weight excluding hydrogens is 402 g/mol. The molecule has 162 valence electrons. The Morgan fingerprint density at radius 3 is 1.97 bits per heavy atom. The van der Waals surface area contributed by atoms with Crippen LogP contribution in [0.5, 0.6) is 0 Å². The van der Waals surface area contributed by atoms with Crippen molar-refractivity contribution in [2.45, 2.75) is 40.3 Å². The van der Waals surface area contributed by atoms with Gasteiger partial charge < -0.3 is 9.30 Å². The molecule has 0 fully saturated rings. The van der Waals surface area contributed by atoms with Gasteiger partial charge in [-0.25, -0.2) is 0 Å². The van der Waals surface area contributed by atoms with Crippen molar-refractivity contribution in [3.8, 4) is 0 Å². The first kappa shape index (κ1) is 21.5. The number of pyridine rings is 1. The number of aromatic nitrogens is 1. The van der Waals surface area contributed by atoms with Crippen LogP contribution in [0.1, 0.15) is 34.0 Å². The summed E-state index contributed by atoms with van der Waals surface area (Å²) >= 11 is 0. The van der Waals surface area contributed by atoms with Crippen LogP contribution in [0.3, 0.4) is 0 Å². The zero-order valence-corrected chi connectivity index (χ0v) is 18.6. The number of esters is 1. The van der Waals surface area contributed by atoms with Crippen LogP contribution in [0.15, 0.2) is 65.5 Å². The molecule has 4 rings (SSSR count). The topological polar surface area (TPSA) is 65.4 Å². The number of ketones is 1. The Bertz CT molecular complexity index is 1370. The maximum absolute atomic E-state index is 13.0. The fourth-order valence-corrected chi connectivity index (χ4v) is 4.11. The van der Waals surface area contributed by atoms with E-state index in [9.17, 15) is 14.4 Å². The Morgan fingerprint density at radius 2 is 1.38 bits per heavy atom. The van der Waals surface area contributed by atoms with Crippen molar-refractivity contribution >= 4 is 33.6 Å². The number of benzene rings is 3. The molecular formula is C27H25NO4. The van der Waals surface area contributed by atoms with E-state index >= 15 is 0 Å². The van der Waals surface area contributed by atoms with Gasteiger partial charge in [0.25, 0.3) is 0 Å². The van der Waals surface area contributed by atoms with Gasteiger partial charge >= 0.3 is 5.97 Å². The first-order valence-corrected chi connectivity index (χ1v) is 10.6. The van der Waals surface area contributed by atoms with Crippen LogP contribution >= 0.6 is 0 Å². The molecule has 1 unspecified atom stereocenters. The molecule has 0 N–H and O–H groups in total. The van der Waals surface area contributed by atoms with E-state index in [1.807, 2.05) is 57.2 Å². The maximum atomic E-state index is 13.0. The van der Waals surface area contributed by atoms with Crippen molar-refractivity contribution in [2.75, 3.05) is 0 Å². The number of carbonyl (C=O) groups excluding carboxylic acids is 2. The van der Waals surface area contributed by atoms with Crippen LogP contribution in [0.25, 0.3) is 21.8 Å². The van der Waals surface area contributed by atoms with Crippen molar-refractivity contribution in [3.05, 3.63) is 93.1 Å². The summed E-state index contributed by atoms with van der Waals surface area (Å²) in [6.07, 6.45) is -0.916. The Balaban J connectivity index is 1.65. The highest BCUT2D eigenvalue weighted by atomic mass is 16.5. The Morgan fingerprint density at radius 1 is 0.844 bits per heavy atom. The highest BCUT2D eigenvalue weighted by molar-refractivity contribution is 6.01. The molecule has 4 aromatic rings. The van der Waals surface area contributed by atoms with Crippen LogP contribution in [0.4, 0.5) is 0 Å². The van der Waals surface area contributed by atoms with E-state index in [0.29, 0.717) is 27.4 Å². The number of para-hydroxylation sites is 2. The predicted molar refractivity (Wildman–Crippen MR) is 126 cm³/mol. The second-order valence-electron chi connectivity index (χ2n) is 8.20. The Kier molecular flexibility index (Phi) is 5.66. The minimum absolute atomic E-state index is 0.0745. The van der Waals surface area contributed by atoms with Gasteiger partial charge in [0, 0.05) is 16.3 Å². The van der Waals surface area contributed by atoms with Crippen LogP contribution in [0.2, 0.25) is 0 Å². The number of rotatable bonds is 5. The van der Waals surface area contributed by atoms with E-state index in [4.69, 9.17) is 4.74 Å². The summed E-state index contributed by atoms with van der Waals surface area (Å²) in [5.74, 6) is -0.764. The number of hydrogen-bond acceptors (Lipinski definition) is 4. The van der Waals surface area contributed by atoms with E-state index in [-0.39, 0.29) is 17.8 Å². The van der Waals surface area contributed by atoms with Gasteiger partial charge in [-0.3, -0.25) is 14.4 Å². The molecule has 1 atom stereocenters. The average Bonchev–Trinajstić information content (AvgIpc) is 2.78. The van der Waals surface area contributed by atoms with E-state index in [1.54, 1.807) is 35.8 Å². The number of nitrogens with zero attached hydrogens (tertiary/aromatic N) is 1. The number of Topliss-reactive ketones (excluding diaryl/α,β-unsaturated/α-hetero) is 1. The maximum Gasteiger partial charge on any atom is 0.326 e. The Hall–Kier alpha value is -3.73. The average molecular weight is 428 g/mol. The van der Waals surface area contributed by atoms with Crippen molar-refractivity contribution in [3.63, 3.8) is 0 Å². The number of aryl methyl sites for hydroxylation is 3. The Labute approximate surface area is 186 Å². The van der Waals surface area contributed by atoms with Crippen molar-refractivity contribution in [2.24, 2.45) is 0 Å². The van der Waals surface area contributed by atoms with Crippen molar-refractivity contribution in [1.29, 1.82) is 0 Å². The molecule has 0 radical (unpaired) electrons. The summed E-state index contributed by atoms with van der Waals surface area (Å²) in [4.78, 5) is 38.7. The molecule has 0 spiro atoms. The minimum Gasteiger partial charge on any atom is -0.453 e. The summed E-state index contributed by atoms with van der Waals surface area (Å²) < 4.78 is 7.31. The highest BCUT2D eigenvalue weighted by Crippen LogP contribution is 2.21. The molecule has 0 saturated heterocycles. The fraction of sp³-hybridized carbons (Fsp3) is 0.222. The van der Waals surface area contributed by atoms with Gasteiger partial charge in [0.05, 0.1) is 11.0 Å². The molecule has 5 nitrogen and oxygen atoms in total. The summed E-state index contributed by atoms with van der Waals surface area (Å²) in [6, 6.07) is 18.2. The molecule has 0 saturated carbocycles. The normalized spacial score (nSPS) is 12.1. The van der Waals surface area contributed by atoms with Gasteiger partial charge in [0.1, 0.15) is 6.54 Å². The molecule has 32 heavy (non-hydrogen) atoms. The van der Waals surface area contributed by atoms with Crippen LogP contribution in [-0.4, -0.2) is 22.4 Å². The van der Waals surface area contributed by atoms with E-state index in [1.165, 1.54) is 0 Å². The molecule has 0 aliphatic rings. The number of fused-ring (bicyclic) bond motifs is 2. The summed E-state index contributed by atoms with van der Waals surface area (Å²) in [5, 5.41) is 1.07. The lowest BCUT2D eigenvalue weighted by Gasteiger charge is -2.18. The van der Waals surface area contributed by atoms with Gasteiger partial charge in [-0.1, -0.05) is 30.3 Å². The van der Waals surface area contributed by atoms with E-state index in [2.05, 4.69) is 0 Å². The van der Waals surface area contributed by atoms with Crippen molar-refractivity contribution in [1.82, 2.24) is 4.57 Å². The van der Waals surface area contributed by atoms with E-state index in [0.717, 1.165) is 16.7 Å². The third kappa shape index (κ3) is 3.82. The monoisotopic (exact) mass is 427 g/mol. The zero-order chi connectivity index (χ0) is 23.0. The van der Waals surface area contributed by atoms with Gasteiger partial charge in [0.2, 0.25) is 5.78 Å². The second-order valence-corrected chi connectivity index (χ2v) is 8.20. The molecule has 1 heterocycles. The third-order valence-electron chi connectivity index (χ3n) is 5.95. The molecule has 3 aromatic carbocycles. The van der Waals surface area contributed by atoms with Crippen LogP contribution < -0.4 is 5.43 Å². The van der Waals surface area contributed by atoms with Gasteiger partial charge in [-0.2, -0.15) is 0 Å². The lowest BCUT2D eigenvalue weighted by Crippen LogP contribution is -2.27. The number of hydrogen-bond donors (Lipinski definition) is 0. The molecule has 0 amide bonds. The summed E-state index contributed by atoms with van der Waals surface area (Å²) in [5.41, 5.74) is 4.78. The molecule has 0 bridgehead atoms. The SMILES string of the molecule is Cc1cc(C)c(C(=O)C(C)OC(=O)Cn2c3ccccc3c(=O)c3ccccc32)cc1C. The first-order chi connectivity index (χ1) is 15.3. The summed E-state index contributed by atoms with van der Waals surface area (Å²) in [7, 11) is 0. The first-order valence-electron chi connectivity index (χ1n) is 10.6. The smallest absolute Gasteiger partial charge is 0.326 e. The van der Waals surface area contributed by atoms with Crippen LogP contribution in [-0.2, 0) is 16.1 Å². The third-order valence-corrected chi connectivity index (χ3v) is 5.95. The molecule has 1 aromatic heterocycles. The van der Waals surface area contributed by atoms with Crippen LogP contribution in [0, 0.1) is 20.8 Å². The standard InChI is InChI=1S/C27H25NO4/c1-16-13-18(3)22(14-17(16)2)26(30)19(4)32-25(29)15-28-23-11-7-5-9-20(23)27(31)21-10-6-8-12-24(21)28/h5-14,19H,15H2,1-4H3. The van der Waals surface area contributed by atoms with Gasteiger partial charge in [-0.15, -0.1) is 0 Å². The van der Waals surface area contributed by atoms with E-state index < -0.39 is 12.1 Å². The number of ether oxygens (including phenoxy) is 1. The minimum atomic E-state index is -0.916. The zero-order valence-electron chi connectivity index (χ0n) is 18.6. The molecule has 0 aliphatic heterocycles. The van der Waals surface area contributed by atoms with Gasteiger partial charge in [-0.05, 0) is 74.7 Å². The lowest BCUT2D eigenvalue weighted by molar-refractivity contribution is -0.146. The summed E-state index contributed by atoms with van der Waals surface area (Å²) in [6.45, 7) is 7.32. The fourth-order valence-electron chi connectivity index (χ4n) is 4.11. The highest BCUT2D eigenvalue weighted by Gasteiger charge is 2.22.